The van der Waals surface area contributed by atoms with Gasteiger partial charge in [0, 0.05) is 17.3 Å². The number of hydrogen-bond acceptors (Lipinski definition) is 3. The smallest absolute Gasteiger partial charge is 0.131 e. The Balaban J connectivity index is 2.03. The van der Waals surface area contributed by atoms with Crippen molar-refractivity contribution < 1.29 is 0 Å². The summed E-state index contributed by atoms with van der Waals surface area (Å²) in [5.74, 6) is 2.60. The summed E-state index contributed by atoms with van der Waals surface area (Å²) in [5, 5.41) is 3.38. The van der Waals surface area contributed by atoms with Crippen molar-refractivity contribution in [2.45, 2.75) is 72.1 Å². The Morgan fingerprint density at radius 3 is 2.38 bits per heavy atom. The largest absolute Gasteiger partial charge is 0.317 e. The number of aromatic nitrogens is 2. The fraction of sp³-hybridized carbons (Fsp3) is 0.778. The standard InChI is InChI=1S/C18H31N3/c1-5-15-9-10-16(12-15)18-20-13(3)17(14(4)21-18)8-7-11-19-6-2/h15-16,19H,5-12H2,1-4H3. The molecule has 3 nitrogen and oxygen atoms in total. The highest BCUT2D eigenvalue weighted by Crippen LogP contribution is 2.38. The van der Waals surface area contributed by atoms with Crippen molar-refractivity contribution >= 4 is 0 Å². The van der Waals surface area contributed by atoms with Crippen LogP contribution in [-0.2, 0) is 6.42 Å². The van der Waals surface area contributed by atoms with Crippen LogP contribution in [0.4, 0.5) is 0 Å². The molecule has 0 spiro atoms. The van der Waals surface area contributed by atoms with Gasteiger partial charge in [0.2, 0.25) is 0 Å². The lowest BCUT2D eigenvalue weighted by atomic mass is 10.0. The first-order valence-electron chi connectivity index (χ1n) is 8.70. The minimum absolute atomic E-state index is 0.600. The predicted octanol–water partition coefficient (Wildman–Crippen LogP) is 3.93. The lowest BCUT2D eigenvalue weighted by Gasteiger charge is -2.14. The third-order valence-corrected chi connectivity index (χ3v) is 4.95. The lowest BCUT2D eigenvalue weighted by Crippen LogP contribution is -2.15. The van der Waals surface area contributed by atoms with E-state index >= 15 is 0 Å². The molecule has 0 radical (unpaired) electrons. The Morgan fingerprint density at radius 1 is 1.10 bits per heavy atom. The van der Waals surface area contributed by atoms with Crippen molar-refractivity contribution in [3.63, 3.8) is 0 Å². The summed E-state index contributed by atoms with van der Waals surface area (Å²) >= 11 is 0. The fourth-order valence-electron chi connectivity index (χ4n) is 3.56. The van der Waals surface area contributed by atoms with Crippen LogP contribution in [0, 0.1) is 19.8 Å². The van der Waals surface area contributed by atoms with Crippen LogP contribution < -0.4 is 5.32 Å². The van der Waals surface area contributed by atoms with Crippen LogP contribution >= 0.6 is 0 Å². The van der Waals surface area contributed by atoms with E-state index in [9.17, 15) is 0 Å². The molecule has 0 amide bonds. The summed E-state index contributed by atoms with van der Waals surface area (Å²) in [6.07, 6.45) is 7.48. The first kappa shape index (κ1) is 16.4. The fourth-order valence-corrected chi connectivity index (χ4v) is 3.56. The molecule has 2 rings (SSSR count). The molecule has 1 aliphatic carbocycles. The number of nitrogens with zero attached hydrogens (tertiary/aromatic N) is 2. The zero-order chi connectivity index (χ0) is 15.2. The SMILES string of the molecule is CCNCCCc1c(C)nc(C2CCC(CC)C2)nc1C. The molecule has 118 valence electrons. The van der Waals surface area contributed by atoms with Crippen molar-refractivity contribution in [3.8, 4) is 0 Å². The van der Waals surface area contributed by atoms with Gasteiger partial charge in [-0.25, -0.2) is 9.97 Å². The first-order valence-corrected chi connectivity index (χ1v) is 8.70. The van der Waals surface area contributed by atoms with E-state index in [1.807, 2.05) is 0 Å². The molecule has 21 heavy (non-hydrogen) atoms. The third-order valence-electron chi connectivity index (χ3n) is 4.95. The van der Waals surface area contributed by atoms with Gasteiger partial charge in [-0.3, -0.25) is 0 Å². The second-order valence-corrected chi connectivity index (χ2v) is 6.47. The molecular formula is C18H31N3. The molecule has 0 saturated heterocycles. The Morgan fingerprint density at radius 2 is 1.81 bits per heavy atom. The average Bonchev–Trinajstić information content (AvgIpc) is 2.94. The molecule has 0 aliphatic heterocycles. The molecule has 1 aromatic heterocycles. The molecule has 0 bridgehead atoms. The summed E-state index contributed by atoms with van der Waals surface area (Å²) in [6, 6.07) is 0. The zero-order valence-corrected chi connectivity index (χ0v) is 14.2. The second kappa shape index (κ2) is 7.88. The molecule has 3 heteroatoms. The van der Waals surface area contributed by atoms with Crippen LogP contribution in [-0.4, -0.2) is 23.1 Å². The highest BCUT2D eigenvalue weighted by molar-refractivity contribution is 5.25. The third kappa shape index (κ3) is 4.26. The summed E-state index contributed by atoms with van der Waals surface area (Å²) in [5.41, 5.74) is 3.77. The zero-order valence-electron chi connectivity index (χ0n) is 14.2. The predicted molar refractivity (Wildman–Crippen MR) is 88.7 cm³/mol. The second-order valence-electron chi connectivity index (χ2n) is 6.47. The van der Waals surface area contributed by atoms with Crippen molar-refractivity contribution in [1.82, 2.24) is 15.3 Å². The van der Waals surface area contributed by atoms with Gasteiger partial charge in [0.15, 0.2) is 0 Å². The van der Waals surface area contributed by atoms with Gasteiger partial charge < -0.3 is 5.32 Å². The van der Waals surface area contributed by atoms with Gasteiger partial charge in [-0.2, -0.15) is 0 Å². The van der Waals surface area contributed by atoms with Crippen LogP contribution in [0.1, 0.15) is 74.6 Å². The summed E-state index contributed by atoms with van der Waals surface area (Å²) < 4.78 is 0. The molecule has 1 aliphatic rings. The Hall–Kier alpha value is -0.960. The van der Waals surface area contributed by atoms with Gasteiger partial charge in [0.25, 0.3) is 0 Å². The maximum atomic E-state index is 4.85. The van der Waals surface area contributed by atoms with Crippen molar-refractivity contribution in [1.29, 1.82) is 0 Å². The van der Waals surface area contributed by atoms with E-state index in [4.69, 9.17) is 9.97 Å². The average molecular weight is 289 g/mol. The Bertz CT molecular complexity index is 433. The molecule has 1 aromatic rings. The maximum Gasteiger partial charge on any atom is 0.131 e. The van der Waals surface area contributed by atoms with Gasteiger partial charge in [0.1, 0.15) is 5.82 Å². The molecule has 1 heterocycles. The quantitative estimate of drug-likeness (QED) is 0.773. The number of aryl methyl sites for hydroxylation is 2. The molecule has 1 fully saturated rings. The normalized spacial score (nSPS) is 21.9. The van der Waals surface area contributed by atoms with Gasteiger partial charge in [-0.15, -0.1) is 0 Å². The van der Waals surface area contributed by atoms with Crippen molar-refractivity contribution in [2.75, 3.05) is 13.1 Å². The minimum atomic E-state index is 0.600. The highest BCUT2D eigenvalue weighted by atomic mass is 14.9. The van der Waals surface area contributed by atoms with Crippen molar-refractivity contribution in [2.24, 2.45) is 5.92 Å². The Labute approximate surface area is 130 Å². The van der Waals surface area contributed by atoms with E-state index in [0.29, 0.717) is 5.92 Å². The molecule has 1 saturated carbocycles. The van der Waals surface area contributed by atoms with Gasteiger partial charge >= 0.3 is 0 Å². The maximum absolute atomic E-state index is 4.85. The van der Waals surface area contributed by atoms with E-state index in [0.717, 1.165) is 31.3 Å². The monoisotopic (exact) mass is 289 g/mol. The molecular weight excluding hydrogens is 258 g/mol. The minimum Gasteiger partial charge on any atom is -0.317 e. The highest BCUT2D eigenvalue weighted by Gasteiger charge is 2.27. The van der Waals surface area contributed by atoms with E-state index < -0.39 is 0 Å². The van der Waals surface area contributed by atoms with E-state index in [1.54, 1.807) is 0 Å². The number of rotatable bonds is 7. The lowest BCUT2D eigenvalue weighted by molar-refractivity contribution is 0.515. The van der Waals surface area contributed by atoms with Crippen LogP contribution in [0.3, 0.4) is 0 Å². The van der Waals surface area contributed by atoms with Gasteiger partial charge in [0.05, 0.1) is 0 Å². The van der Waals surface area contributed by atoms with Crippen LogP contribution in [0.2, 0.25) is 0 Å². The molecule has 2 atom stereocenters. The number of hydrogen-bond donors (Lipinski definition) is 1. The van der Waals surface area contributed by atoms with Gasteiger partial charge in [-0.1, -0.05) is 20.3 Å². The van der Waals surface area contributed by atoms with Crippen molar-refractivity contribution in [3.05, 3.63) is 22.8 Å². The topological polar surface area (TPSA) is 37.8 Å². The van der Waals surface area contributed by atoms with Crippen LogP contribution in [0.5, 0.6) is 0 Å². The van der Waals surface area contributed by atoms with E-state index in [1.165, 1.54) is 49.1 Å². The van der Waals surface area contributed by atoms with Gasteiger partial charge in [-0.05, 0) is 70.5 Å². The Kier molecular flexibility index (Phi) is 6.16. The summed E-state index contributed by atoms with van der Waals surface area (Å²) in [7, 11) is 0. The summed E-state index contributed by atoms with van der Waals surface area (Å²) in [6.45, 7) is 10.9. The first-order chi connectivity index (χ1) is 10.2. The molecule has 1 N–H and O–H groups in total. The number of nitrogens with one attached hydrogen (secondary N) is 1. The van der Waals surface area contributed by atoms with Crippen LogP contribution in [0.25, 0.3) is 0 Å². The van der Waals surface area contributed by atoms with E-state index in [2.05, 4.69) is 33.0 Å². The summed E-state index contributed by atoms with van der Waals surface area (Å²) in [4.78, 5) is 9.70. The molecule has 0 aromatic carbocycles. The van der Waals surface area contributed by atoms with Crippen LogP contribution in [0.15, 0.2) is 0 Å². The molecule has 2 unspecified atom stereocenters. The van der Waals surface area contributed by atoms with E-state index in [-0.39, 0.29) is 0 Å².